The van der Waals surface area contributed by atoms with Crippen LogP contribution >= 0.6 is 0 Å². The van der Waals surface area contributed by atoms with Gasteiger partial charge >= 0.3 is 0 Å². The first kappa shape index (κ1) is 11.4. The molecule has 1 heterocycles. The van der Waals surface area contributed by atoms with E-state index in [-0.39, 0.29) is 0 Å². The van der Waals surface area contributed by atoms with Gasteiger partial charge in [-0.2, -0.15) is 0 Å². The maximum atomic E-state index is 5.33. The van der Waals surface area contributed by atoms with Crippen molar-refractivity contribution < 1.29 is 4.74 Å². The lowest BCUT2D eigenvalue weighted by molar-refractivity contribution is 0.0763. The van der Waals surface area contributed by atoms with Crippen molar-refractivity contribution in [2.24, 2.45) is 0 Å². The number of nitrogens with one attached hydrogen (secondary N) is 1. The second-order valence-corrected chi connectivity index (χ2v) is 4.89. The number of hydrogen-bond donors (Lipinski definition) is 1. The van der Waals surface area contributed by atoms with E-state index < -0.39 is 0 Å². The van der Waals surface area contributed by atoms with Crippen LogP contribution < -0.4 is 5.32 Å². The zero-order valence-electron chi connectivity index (χ0n) is 9.87. The Morgan fingerprint density at radius 2 is 2.00 bits per heavy atom. The Hall–Kier alpha value is -0.120. The van der Waals surface area contributed by atoms with E-state index in [4.69, 9.17) is 4.74 Å². The maximum absolute atomic E-state index is 5.33. The van der Waals surface area contributed by atoms with E-state index in [1.54, 1.807) is 0 Å². The average molecular weight is 212 g/mol. The van der Waals surface area contributed by atoms with Crippen LogP contribution in [-0.2, 0) is 4.74 Å². The first-order chi connectivity index (χ1) is 7.40. The van der Waals surface area contributed by atoms with Crippen molar-refractivity contribution in [3.63, 3.8) is 0 Å². The third kappa shape index (κ3) is 3.74. The van der Waals surface area contributed by atoms with Crippen LogP contribution in [0.1, 0.15) is 32.1 Å². The predicted molar refractivity (Wildman–Crippen MR) is 62.1 cm³/mol. The molecule has 15 heavy (non-hydrogen) atoms. The van der Waals surface area contributed by atoms with Gasteiger partial charge in [-0.3, -0.25) is 4.90 Å². The van der Waals surface area contributed by atoms with Crippen LogP contribution in [0, 0.1) is 0 Å². The Bertz CT molecular complexity index is 176. The number of rotatable bonds is 6. The van der Waals surface area contributed by atoms with E-state index in [0.29, 0.717) is 6.04 Å². The van der Waals surface area contributed by atoms with Crippen LogP contribution in [0.4, 0.5) is 0 Å². The lowest BCUT2D eigenvalue weighted by Gasteiger charge is -2.34. The monoisotopic (exact) mass is 212 g/mol. The largest absolute Gasteiger partial charge is 0.383 e. The van der Waals surface area contributed by atoms with Gasteiger partial charge in [0.1, 0.15) is 0 Å². The van der Waals surface area contributed by atoms with Crippen molar-refractivity contribution >= 4 is 0 Å². The highest BCUT2D eigenvalue weighted by atomic mass is 16.5. The second-order valence-electron chi connectivity index (χ2n) is 4.89. The van der Waals surface area contributed by atoms with Crippen molar-refractivity contribution in [2.75, 3.05) is 33.4 Å². The molecule has 1 aliphatic carbocycles. The molecule has 3 heteroatoms. The highest BCUT2D eigenvalue weighted by molar-refractivity contribution is 4.84. The van der Waals surface area contributed by atoms with Gasteiger partial charge in [0.05, 0.1) is 6.61 Å². The summed E-state index contributed by atoms with van der Waals surface area (Å²) in [4.78, 5) is 2.60. The summed E-state index contributed by atoms with van der Waals surface area (Å²) in [6.07, 6.45) is 6.89. The van der Waals surface area contributed by atoms with Crippen LogP contribution in [0.15, 0.2) is 0 Å². The molecule has 0 aromatic carbocycles. The van der Waals surface area contributed by atoms with Crippen molar-refractivity contribution in [3.05, 3.63) is 0 Å². The van der Waals surface area contributed by atoms with Gasteiger partial charge in [-0.25, -0.2) is 0 Å². The lowest BCUT2D eigenvalue weighted by atomic mass is 10.1. The Morgan fingerprint density at radius 3 is 2.60 bits per heavy atom. The van der Waals surface area contributed by atoms with E-state index in [1.165, 1.54) is 45.2 Å². The molecule has 3 nitrogen and oxygen atoms in total. The van der Waals surface area contributed by atoms with E-state index in [1.807, 2.05) is 7.11 Å². The first-order valence-corrected chi connectivity index (χ1v) is 6.36. The molecule has 1 N–H and O–H groups in total. The molecule has 2 aliphatic rings. The molecule has 1 saturated carbocycles. The number of nitrogens with zero attached hydrogens (tertiary/aromatic N) is 1. The average Bonchev–Trinajstić information content (AvgIpc) is 3.09. The van der Waals surface area contributed by atoms with E-state index in [0.717, 1.165) is 19.2 Å². The Balaban J connectivity index is 1.74. The van der Waals surface area contributed by atoms with Gasteiger partial charge in [-0.1, -0.05) is 6.42 Å². The van der Waals surface area contributed by atoms with Crippen molar-refractivity contribution in [1.82, 2.24) is 10.2 Å². The summed E-state index contributed by atoms with van der Waals surface area (Å²) in [5.74, 6) is 0. The van der Waals surface area contributed by atoms with E-state index in [2.05, 4.69) is 10.2 Å². The van der Waals surface area contributed by atoms with E-state index in [9.17, 15) is 0 Å². The molecule has 1 saturated heterocycles. The second kappa shape index (κ2) is 5.83. The third-order valence-corrected chi connectivity index (χ3v) is 3.49. The van der Waals surface area contributed by atoms with Crippen LogP contribution in [0.25, 0.3) is 0 Å². The van der Waals surface area contributed by atoms with Crippen molar-refractivity contribution in [1.29, 1.82) is 0 Å². The van der Waals surface area contributed by atoms with Crippen LogP contribution in [-0.4, -0.2) is 50.3 Å². The zero-order valence-corrected chi connectivity index (χ0v) is 9.87. The van der Waals surface area contributed by atoms with Gasteiger partial charge in [0.15, 0.2) is 0 Å². The molecule has 0 spiro atoms. The van der Waals surface area contributed by atoms with E-state index >= 15 is 0 Å². The van der Waals surface area contributed by atoms with Gasteiger partial charge in [0, 0.05) is 25.7 Å². The summed E-state index contributed by atoms with van der Waals surface area (Å²) in [5, 5.41) is 3.62. The third-order valence-electron chi connectivity index (χ3n) is 3.49. The van der Waals surface area contributed by atoms with Gasteiger partial charge in [0.25, 0.3) is 0 Å². The molecule has 0 radical (unpaired) electrons. The number of ether oxygens (including phenoxy) is 1. The molecule has 0 aromatic rings. The Kier molecular flexibility index (Phi) is 4.42. The fraction of sp³-hybridized carbons (Fsp3) is 1.00. The van der Waals surface area contributed by atoms with Crippen LogP contribution in [0.5, 0.6) is 0 Å². The maximum Gasteiger partial charge on any atom is 0.0630 e. The van der Waals surface area contributed by atoms with Gasteiger partial charge in [0.2, 0.25) is 0 Å². The smallest absolute Gasteiger partial charge is 0.0630 e. The van der Waals surface area contributed by atoms with Gasteiger partial charge in [-0.05, 0) is 38.8 Å². The number of methoxy groups -OCH3 is 1. The standard InChI is InChI=1S/C12H24N2O/c1-15-10-12(9-13-11-5-6-11)14-7-3-2-4-8-14/h11-13H,2-10H2,1H3. The number of hydrogen-bond acceptors (Lipinski definition) is 3. The topological polar surface area (TPSA) is 24.5 Å². The number of likely N-dealkylation sites (tertiary alicyclic amines) is 1. The fourth-order valence-corrected chi connectivity index (χ4v) is 2.36. The minimum Gasteiger partial charge on any atom is -0.383 e. The molecule has 0 bridgehead atoms. The quantitative estimate of drug-likeness (QED) is 0.717. The molecule has 1 atom stereocenters. The number of piperidine rings is 1. The van der Waals surface area contributed by atoms with Gasteiger partial charge < -0.3 is 10.1 Å². The molecule has 88 valence electrons. The lowest BCUT2D eigenvalue weighted by Crippen LogP contribution is -2.47. The summed E-state index contributed by atoms with van der Waals surface area (Å²) in [5.41, 5.74) is 0. The SMILES string of the molecule is COCC(CNC1CC1)N1CCCCC1. The minimum absolute atomic E-state index is 0.593. The Morgan fingerprint density at radius 1 is 1.27 bits per heavy atom. The molecule has 1 aliphatic heterocycles. The highest BCUT2D eigenvalue weighted by Crippen LogP contribution is 2.19. The fourth-order valence-electron chi connectivity index (χ4n) is 2.36. The molecule has 2 fully saturated rings. The molecule has 0 amide bonds. The summed E-state index contributed by atoms with van der Waals surface area (Å²) >= 11 is 0. The molecular formula is C12H24N2O. The molecule has 1 unspecified atom stereocenters. The summed E-state index contributed by atoms with van der Waals surface area (Å²) in [7, 11) is 1.81. The first-order valence-electron chi connectivity index (χ1n) is 6.36. The zero-order chi connectivity index (χ0) is 10.5. The predicted octanol–water partition coefficient (Wildman–Crippen LogP) is 1.24. The summed E-state index contributed by atoms with van der Waals surface area (Å²) in [6, 6.07) is 1.41. The summed E-state index contributed by atoms with van der Waals surface area (Å²) < 4.78 is 5.33. The van der Waals surface area contributed by atoms with Crippen molar-refractivity contribution in [2.45, 2.75) is 44.2 Å². The summed E-state index contributed by atoms with van der Waals surface area (Å²) in [6.45, 7) is 4.51. The minimum atomic E-state index is 0.593. The highest BCUT2D eigenvalue weighted by Gasteiger charge is 2.25. The normalized spacial score (nSPS) is 25.4. The van der Waals surface area contributed by atoms with Crippen LogP contribution in [0.3, 0.4) is 0 Å². The molecule has 2 rings (SSSR count). The van der Waals surface area contributed by atoms with Crippen LogP contribution in [0.2, 0.25) is 0 Å². The molecular weight excluding hydrogens is 188 g/mol. The molecule has 0 aromatic heterocycles. The van der Waals surface area contributed by atoms with Gasteiger partial charge in [-0.15, -0.1) is 0 Å². The van der Waals surface area contributed by atoms with Crippen molar-refractivity contribution in [3.8, 4) is 0 Å². The Labute approximate surface area is 93.2 Å².